The fourth-order valence-corrected chi connectivity index (χ4v) is 7.07. The number of epoxide rings is 1. The van der Waals surface area contributed by atoms with Crippen LogP contribution in [0.3, 0.4) is 0 Å². The van der Waals surface area contributed by atoms with Crippen LogP contribution in [-0.2, 0) is 14.2 Å². The smallest absolute Gasteiger partial charge is 0.274 e. The van der Waals surface area contributed by atoms with Gasteiger partial charge < -0.3 is 49.2 Å². The van der Waals surface area contributed by atoms with Crippen molar-refractivity contribution in [3.63, 3.8) is 0 Å². The van der Waals surface area contributed by atoms with Crippen molar-refractivity contribution in [2.75, 3.05) is 26.9 Å². The van der Waals surface area contributed by atoms with Gasteiger partial charge in [-0.3, -0.25) is 4.79 Å². The van der Waals surface area contributed by atoms with E-state index in [0.717, 1.165) is 0 Å². The first-order chi connectivity index (χ1) is 17.6. The molecule has 7 atom stereocenters. The Labute approximate surface area is 211 Å². The van der Waals surface area contributed by atoms with Crippen LogP contribution in [0.4, 0.5) is 0 Å². The molecule has 4 heterocycles. The quantitative estimate of drug-likeness (QED) is 0.364. The first kappa shape index (κ1) is 23.6. The van der Waals surface area contributed by atoms with Crippen LogP contribution in [0.2, 0.25) is 0 Å². The number of methoxy groups -OCH3 is 1. The van der Waals surface area contributed by atoms with Gasteiger partial charge in [0.05, 0.1) is 49.9 Å². The van der Waals surface area contributed by atoms with E-state index in [1.165, 1.54) is 7.11 Å². The molecule has 4 aliphatic heterocycles. The number of ketones is 1. The predicted octanol–water partition coefficient (Wildman–Crippen LogP) is 0.736. The van der Waals surface area contributed by atoms with E-state index in [4.69, 9.17) is 23.7 Å². The zero-order chi connectivity index (χ0) is 26.2. The minimum Gasteiger partial charge on any atom is -0.506 e. The molecule has 2 aromatic rings. The molecule has 2 aromatic carbocycles. The number of aliphatic hydroxyl groups is 4. The molecule has 0 saturated carbocycles. The van der Waals surface area contributed by atoms with E-state index in [-0.39, 0.29) is 52.6 Å². The lowest BCUT2D eigenvalue weighted by Crippen LogP contribution is -2.68. The Kier molecular flexibility index (Phi) is 4.54. The van der Waals surface area contributed by atoms with Crippen molar-refractivity contribution >= 4 is 16.6 Å². The number of rotatable bonds is 4. The van der Waals surface area contributed by atoms with Gasteiger partial charge in [-0.1, -0.05) is 6.92 Å². The van der Waals surface area contributed by atoms with Crippen molar-refractivity contribution in [2.24, 2.45) is 11.8 Å². The molecule has 11 nitrogen and oxygen atoms in total. The number of ether oxygens (including phenoxy) is 5. The number of phenolic OH excluding ortho intramolecular Hbond substituents is 1. The van der Waals surface area contributed by atoms with Crippen molar-refractivity contribution in [2.45, 2.75) is 55.8 Å². The Morgan fingerprint density at radius 3 is 2.54 bits per heavy atom. The molecular weight excluding hydrogens is 488 g/mol. The van der Waals surface area contributed by atoms with Crippen LogP contribution in [0.15, 0.2) is 6.07 Å². The van der Waals surface area contributed by atoms with E-state index in [9.17, 15) is 30.3 Å². The molecule has 11 heteroatoms. The van der Waals surface area contributed by atoms with Crippen LogP contribution in [0, 0.1) is 18.8 Å². The number of benzene rings is 2. The highest BCUT2D eigenvalue weighted by molar-refractivity contribution is 6.12. The molecular formula is C26H28O11. The molecule has 37 heavy (non-hydrogen) atoms. The zero-order valence-corrected chi connectivity index (χ0v) is 20.5. The third-order valence-corrected chi connectivity index (χ3v) is 8.93. The third-order valence-electron chi connectivity index (χ3n) is 8.93. The van der Waals surface area contributed by atoms with Crippen LogP contribution in [0.1, 0.15) is 52.6 Å². The molecule has 7 rings (SSSR count). The summed E-state index contributed by atoms with van der Waals surface area (Å²) in [6.07, 6.45) is -2.74. The maximum Gasteiger partial charge on any atom is 0.274 e. The first-order valence-corrected chi connectivity index (χ1v) is 12.4. The van der Waals surface area contributed by atoms with Crippen molar-refractivity contribution < 1.29 is 54.0 Å². The predicted molar refractivity (Wildman–Crippen MR) is 123 cm³/mol. The highest BCUT2D eigenvalue weighted by Crippen LogP contribution is 2.71. The Morgan fingerprint density at radius 2 is 1.92 bits per heavy atom. The topological polar surface area (TPSA) is 168 Å². The lowest BCUT2D eigenvalue weighted by Gasteiger charge is -2.48. The number of Topliss-reactive ketones (excluding diaryl/α,β-unsaturated/α-hetero) is 1. The summed E-state index contributed by atoms with van der Waals surface area (Å²) < 4.78 is 30.3. The fourth-order valence-electron chi connectivity index (χ4n) is 7.07. The van der Waals surface area contributed by atoms with Crippen LogP contribution < -0.4 is 9.47 Å². The van der Waals surface area contributed by atoms with Crippen LogP contribution in [0.5, 0.6) is 17.2 Å². The second-order valence-corrected chi connectivity index (χ2v) is 10.8. The Morgan fingerprint density at radius 1 is 1.22 bits per heavy atom. The highest BCUT2D eigenvalue weighted by Gasteiger charge is 2.91. The maximum atomic E-state index is 13.2. The third kappa shape index (κ3) is 2.41. The summed E-state index contributed by atoms with van der Waals surface area (Å²) in [6, 6.07) is 1.75. The van der Waals surface area contributed by atoms with Gasteiger partial charge in [0.1, 0.15) is 23.4 Å². The minimum absolute atomic E-state index is 0.00477. The molecule has 2 bridgehead atoms. The van der Waals surface area contributed by atoms with Gasteiger partial charge in [0, 0.05) is 22.4 Å². The molecule has 5 aliphatic rings. The van der Waals surface area contributed by atoms with Crippen molar-refractivity contribution in [1.82, 2.24) is 0 Å². The highest BCUT2D eigenvalue weighted by atomic mass is 16.8. The average Bonchev–Trinajstić information content (AvgIpc) is 3.54. The molecule has 3 saturated heterocycles. The molecule has 0 radical (unpaired) electrons. The second kappa shape index (κ2) is 7.11. The number of carbonyl (C=O) groups is 1. The van der Waals surface area contributed by atoms with Gasteiger partial charge >= 0.3 is 0 Å². The van der Waals surface area contributed by atoms with Crippen molar-refractivity contribution in [3.05, 3.63) is 28.3 Å². The summed E-state index contributed by atoms with van der Waals surface area (Å²) in [5.41, 5.74) is -0.174. The van der Waals surface area contributed by atoms with Gasteiger partial charge in [0.2, 0.25) is 11.4 Å². The number of aromatic hydroxyl groups is 1. The summed E-state index contributed by atoms with van der Waals surface area (Å²) in [4.78, 5) is 13.2. The SMILES string of the molecule is COc1c2c(c(O)c3c4c(c(C)cc13)[C@H]1O[C@]3(C(CO)CO)O[C@H]1[C@](O)(O4)C31CO1)C(=O)[C@@H](C)C[C@@H]2O. The van der Waals surface area contributed by atoms with Crippen molar-refractivity contribution in [3.8, 4) is 17.2 Å². The van der Waals surface area contributed by atoms with Gasteiger partial charge in [-0.15, -0.1) is 0 Å². The second-order valence-electron chi connectivity index (χ2n) is 10.8. The normalized spacial score (nSPS) is 38.8. The number of hydrogen-bond donors (Lipinski definition) is 5. The maximum absolute atomic E-state index is 13.2. The number of aliphatic hydroxyl groups excluding tert-OH is 3. The molecule has 0 aromatic heterocycles. The average molecular weight is 516 g/mol. The minimum atomic E-state index is -2.07. The molecule has 1 aliphatic carbocycles. The lowest BCUT2D eigenvalue weighted by atomic mass is 9.75. The Bertz CT molecular complexity index is 1380. The Hall–Kier alpha value is -2.51. The molecule has 1 unspecified atom stereocenters. The van der Waals surface area contributed by atoms with Crippen molar-refractivity contribution in [1.29, 1.82) is 0 Å². The summed E-state index contributed by atoms with van der Waals surface area (Å²) in [5.74, 6) is -5.54. The van der Waals surface area contributed by atoms with Gasteiger partial charge in [-0.25, -0.2) is 0 Å². The largest absolute Gasteiger partial charge is 0.506 e. The number of fused-ring (bicyclic) bond motifs is 8. The summed E-state index contributed by atoms with van der Waals surface area (Å²) in [6.45, 7) is 2.52. The Balaban J connectivity index is 1.53. The number of carbonyl (C=O) groups excluding carboxylic acids is 1. The summed E-state index contributed by atoms with van der Waals surface area (Å²) in [7, 11) is 1.42. The lowest BCUT2D eigenvalue weighted by molar-refractivity contribution is -0.297. The molecule has 198 valence electrons. The summed E-state index contributed by atoms with van der Waals surface area (Å²) >= 11 is 0. The van der Waals surface area contributed by atoms with E-state index in [1.807, 2.05) is 0 Å². The van der Waals surface area contributed by atoms with Gasteiger partial charge in [0.25, 0.3) is 5.79 Å². The fraction of sp³-hybridized carbons (Fsp3) is 0.577. The van der Waals surface area contributed by atoms with Crippen LogP contribution in [0.25, 0.3) is 10.8 Å². The number of phenols is 1. The first-order valence-electron chi connectivity index (χ1n) is 12.4. The van der Waals surface area contributed by atoms with E-state index < -0.39 is 60.5 Å². The van der Waals surface area contributed by atoms with E-state index in [2.05, 4.69) is 0 Å². The molecule has 3 fully saturated rings. The van der Waals surface area contributed by atoms with Gasteiger partial charge in [-0.2, -0.15) is 0 Å². The van der Waals surface area contributed by atoms with Crippen LogP contribution >= 0.6 is 0 Å². The number of aryl methyl sites for hydroxylation is 1. The standard InChI is InChI=1S/C26H28O11/c1-9-4-12-15(19(31)17-16(20(12)33-3)13(29)5-10(2)18(17)30)21-14(9)22-23-25(32,35-21)24(8-34-24)26(36-22,37-23)11(6-27)7-28/h4,10-11,13,22-23,27-29,31-32H,5-8H2,1-3H3/t10-,13-,22+,23+,24?,25-,26+/m0/s1. The van der Waals surface area contributed by atoms with E-state index in [1.54, 1.807) is 19.9 Å². The molecule has 0 amide bonds. The molecule has 1 spiro atoms. The number of hydrogen-bond acceptors (Lipinski definition) is 11. The molecule has 5 N–H and O–H groups in total. The summed E-state index contributed by atoms with van der Waals surface area (Å²) in [5, 5.41) is 54.9. The zero-order valence-electron chi connectivity index (χ0n) is 20.5. The monoisotopic (exact) mass is 516 g/mol. The van der Waals surface area contributed by atoms with E-state index in [0.29, 0.717) is 16.5 Å². The van der Waals surface area contributed by atoms with Gasteiger partial charge in [-0.05, 0) is 25.0 Å². The van der Waals surface area contributed by atoms with Crippen LogP contribution in [-0.4, -0.2) is 81.5 Å². The van der Waals surface area contributed by atoms with E-state index >= 15 is 0 Å². The van der Waals surface area contributed by atoms with Gasteiger partial charge in [0.15, 0.2) is 11.9 Å².